The van der Waals surface area contributed by atoms with Gasteiger partial charge in [-0.15, -0.1) is 0 Å². The third-order valence-corrected chi connectivity index (χ3v) is 10.9. The van der Waals surface area contributed by atoms with Gasteiger partial charge in [0.15, 0.2) is 0 Å². The molecular formula is C58H42N4O6. The monoisotopic (exact) mass is 890 g/mol. The van der Waals surface area contributed by atoms with E-state index in [-0.39, 0.29) is 11.3 Å². The lowest BCUT2D eigenvalue weighted by molar-refractivity contribution is -0.133. The fourth-order valence-electron chi connectivity index (χ4n) is 7.36. The van der Waals surface area contributed by atoms with Gasteiger partial charge in [-0.1, -0.05) is 83.9 Å². The van der Waals surface area contributed by atoms with E-state index in [9.17, 15) is 25.1 Å². The number of benzene rings is 8. The fourth-order valence-corrected chi connectivity index (χ4v) is 7.36. The van der Waals surface area contributed by atoms with Gasteiger partial charge in [0.1, 0.15) is 34.6 Å². The summed E-state index contributed by atoms with van der Waals surface area (Å²) in [6.45, 7) is 11.3. The van der Waals surface area contributed by atoms with Gasteiger partial charge in [0.05, 0.1) is 6.57 Å². The van der Waals surface area contributed by atoms with Crippen LogP contribution in [-0.4, -0.2) is 22.2 Å². The van der Waals surface area contributed by atoms with E-state index in [1.165, 1.54) is 12.2 Å². The topological polar surface area (TPSA) is 128 Å². The highest BCUT2D eigenvalue weighted by molar-refractivity contribution is 5.96. The molecule has 0 atom stereocenters. The number of carbonyl (C=O) groups is 2. The van der Waals surface area contributed by atoms with Gasteiger partial charge in [0.25, 0.3) is 5.70 Å². The van der Waals surface area contributed by atoms with Gasteiger partial charge < -0.3 is 29.5 Å². The Morgan fingerprint density at radius 3 is 1.06 bits per heavy atom. The largest absolute Gasteiger partial charge is 0.486 e. The van der Waals surface area contributed by atoms with E-state index in [1.807, 2.05) is 159 Å². The molecule has 0 aliphatic carbocycles. The van der Waals surface area contributed by atoms with Crippen LogP contribution in [-0.2, 0) is 9.59 Å². The molecule has 0 spiro atoms. The van der Waals surface area contributed by atoms with Crippen molar-refractivity contribution in [2.75, 3.05) is 9.80 Å². The molecule has 0 saturated carbocycles. The number of hydrogen-bond donors (Lipinski definition) is 2. The van der Waals surface area contributed by atoms with Gasteiger partial charge in [-0.05, 0) is 170 Å². The van der Waals surface area contributed by atoms with Crippen LogP contribution in [0.2, 0.25) is 0 Å². The fraction of sp³-hybridized carbons (Fsp3) is 0.0345. The summed E-state index contributed by atoms with van der Waals surface area (Å²) in [5.74, 6) is 0.252. The molecule has 0 aliphatic heterocycles. The second-order valence-electron chi connectivity index (χ2n) is 15.7. The van der Waals surface area contributed by atoms with Crippen LogP contribution < -0.4 is 19.3 Å². The molecular weight excluding hydrogens is 849 g/mol. The maximum atomic E-state index is 11.5. The lowest BCUT2D eigenvalue weighted by Gasteiger charge is -2.26. The zero-order valence-corrected chi connectivity index (χ0v) is 36.9. The Morgan fingerprint density at radius 1 is 0.471 bits per heavy atom. The summed E-state index contributed by atoms with van der Waals surface area (Å²) < 4.78 is 12.2. The molecule has 8 aromatic rings. The summed E-state index contributed by atoms with van der Waals surface area (Å²) in [5, 5.41) is 28.1. The Balaban J connectivity index is 1.09. The van der Waals surface area contributed by atoms with Crippen molar-refractivity contribution >= 4 is 58.2 Å². The molecule has 330 valence electrons. The van der Waals surface area contributed by atoms with E-state index in [1.54, 1.807) is 30.3 Å². The number of aryl methyl sites for hydroxylation is 2. The maximum absolute atomic E-state index is 11.5. The molecule has 8 rings (SSSR count). The maximum Gasteiger partial charge on any atom is 0.346 e. The molecule has 0 bridgehead atoms. The first kappa shape index (κ1) is 44.9. The molecule has 10 nitrogen and oxygen atoms in total. The van der Waals surface area contributed by atoms with Crippen molar-refractivity contribution in [2.24, 2.45) is 0 Å². The van der Waals surface area contributed by atoms with Crippen LogP contribution in [0.3, 0.4) is 0 Å². The van der Waals surface area contributed by atoms with Gasteiger partial charge in [-0.25, -0.2) is 9.64 Å². The molecule has 0 heterocycles. The van der Waals surface area contributed by atoms with Crippen LogP contribution >= 0.6 is 0 Å². The number of carboxylic acid groups (broad SMARTS) is 2. The second-order valence-corrected chi connectivity index (χ2v) is 15.7. The van der Waals surface area contributed by atoms with Crippen molar-refractivity contribution in [2.45, 2.75) is 13.8 Å². The van der Waals surface area contributed by atoms with Crippen LogP contribution in [0.4, 0.5) is 34.1 Å². The minimum atomic E-state index is -1.29. The Labute approximate surface area is 394 Å². The summed E-state index contributed by atoms with van der Waals surface area (Å²) >= 11 is 0. The first-order valence-corrected chi connectivity index (χ1v) is 21.4. The number of anilines is 6. The zero-order chi connectivity index (χ0) is 47.6. The highest BCUT2D eigenvalue weighted by Crippen LogP contribution is 2.40. The number of carboxylic acids is 2. The number of aliphatic carboxylic acids is 2. The van der Waals surface area contributed by atoms with Crippen LogP contribution in [0.25, 0.3) is 28.1 Å². The minimum Gasteiger partial charge on any atom is -0.486 e. The summed E-state index contributed by atoms with van der Waals surface area (Å²) in [6.07, 6.45) is 2.69. The van der Waals surface area contributed by atoms with Crippen LogP contribution in [0.1, 0.15) is 22.3 Å². The quantitative estimate of drug-likeness (QED) is 0.0587. The molecule has 0 fully saturated rings. The van der Waals surface area contributed by atoms with E-state index in [0.717, 1.165) is 67.9 Å². The van der Waals surface area contributed by atoms with Crippen LogP contribution in [0, 0.1) is 31.8 Å². The predicted octanol–water partition coefficient (Wildman–Crippen LogP) is 14.8. The first-order valence-electron chi connectivity index (χ1n) is 21.4. The molecule has 0 unspecified atom stereocenters. The number of nitrogens with zero attached hydrogens (tertiary/aromatic N) is 4. The molecule has 0 amide bonds. The van der Waals surface area contributed by atoms with Crippen molar-refractivity contribution < 1.29 is 29.3 Å². The third-order valence-electron chi connectivity index (χ3n) is 10.9. The van der Waals surface area contributed by atoms with E-state index >= 15 is 0 Å². The molecule has 10 heteroatoms. The molecule has 0 aromatic heterocycles. The van der Waals surface area contributed by atoms with E-state index in [4.69, 9.17) is 16.0 Å². The SMILES string of the molecule is [C-]#[N+]/C(=C\c1ccc(N(c2ccc(Oc3ccc(C)cc3)cc2)c2ccc(-c3ccc(N(c4ccc(/C=C(\C#N)C(=O)O)cc4)c4ccc(Oc5ccc(C)cc5)cc4)cc3)cc2)cc1)C(=O)O. The van der Waals surface area contributed by atoms with Crippen molar-refractivity contribution in [3.63, 3.8) is 0 Å². The number of ether oxygens (including phenoxy) is 2. The molecule has 0 aliphatic rings. The second kappa shape index (κ2) is 20.5. The Bertz CT molecular complexity index is 2980. The summed E-state index contributed by atoms with van der Waals surface area (Å²) in [4.78, 5) is 30.4. The Morgan fingerprint density at radius 2 is 0.765 bits per heavy atom. The van der Waals surface area contributed by atoms with Crippen molar-refractivity contribution in [1.29, 1.82) is 5.26 Å². The van der Waals surface area contributed by atoms with Gasteiger partial charge in [0, 0.05) is 34.1 Å². The summed E-state index contributed by atoms with van der Waals surface area (Å²) in [6, 6.07) is 64.1. The van der Waals surface area contributed by atoms with E-state index < -0.39 is 11.9 Å². The van der Waals surface area contributed by atoms with Crippen LogP contribution in [0.15, 0.2) is 205 Å². The van der Waals surface area contributed by atoms with Gasteiger partial charge in [0.2, 0.25) is 0 Å². The lowest BCUT2D eigenvalue weighted by Crippen LogP contribution is -2.10. The smallest absolute Gasteiger partial charge is 0.346 e. The molecule has 0 radical (unpaired) electrons. The Kier molecular flexibility index (Phi) is 13.5. The molecule has 8 aromatic carbocycles. The third kappa shape index (κ3) is 10.8. The van der Waals surface area contributed by atoms with Gasteiger partial charge >= 0.3 is 11.9 Å². The standard InChI is InChI=1S/C58H42N4O6/c1-39-4-28-52(29-5-39)67-54-32-24-50(25-33-54)61(46-16-8-41(9-17-46)36-45(38-59)57(63)64)48-20-12-43(13-21-48)44-14-22-49(23-15-44)62(47-18-10-42(11-19-47)37-56(60-3)58(65)66)51-26-34-55(35-27-51)68-53-30-6-40(2)7-31-53/h4-37H,1-2H3,(H,63,64)(H,65,66)/b45-36+,56-37-. The van der Waals surface area contributed by atoms with E-state index in [0.29, 0.717) is 22.6 Å². The van der Waals surface area contributed by atoms with Crippen molar-refractivity contribution in [1.82, 2.24) is 0 Å². The Hall–Kier alpha value is -9.64. The molecule has 68 heavy (non-hydrogen) atoms. The highest BCUT2D eigenvalue weighted by atomic mass is 16.5. The zero-order valence-electron chi connectivity index (χ0n) is 36.9. The summed E-state index contributed by atoms with van der Waals surface area (Å²) in [7, 11) is 0. The van der Waals surface area contributed by atoms with Crippen LogP contribution in [0.5, 0.6) is 23.0 Å². The lowest BCUT2D eigenvalue weighted by atomic mass is 10.0. The number of hydrogen-bond acceptors (Lipinski definition) is 7. The van der Waals surface area contributed by atoms with Crippen molar-refractivity contribution in [3.05, 3.63) is 239 Å². The number of nitriles is 1. The average Bonchev–Trinajstić information content (AvgIpc) is 3.36. The van der Waals surface area contributed by atoms with Crippen molar-refractivity contribution in [3.8, 4) is 40.2 Å². The molecule has 0 saturated heterocycles. The predicted molar refractivity (Wildman–Crippen MR) is 267 cm³/mol. The summed E-state index contributed by atoms with van der Waals surface area (Å²) in [5.41, 5.74) is 9.78. The minimum absolute atomic E-state index is 0.355. The highest BCUT2D eigenvalue weighted by Gasteiger charge is 2.17. The first-order chi connectivity index (χ1) is 33.0. The normalized spacial score (nSPS) is 11.2. The van der Waals surface area contributed by atoms with Gasteiger partial charge in [-0.3, -0.25) is 4.79 Å². The van der Waals surface area contributed by atoms with Gasteiger partial charge in [-0.2, -0.15) is 5.26 Å². The molecule has 2 N–H and O–H groups in total. The number of rotatable bonds is 15. The average molecular weight is 891 g/mol. The van der Waals surface area contributed by atoms with E-state index in [2.05, 4.69) is 38.9 Å².